The Morgan fingerprint density at radius 3 is 2.33 bits per heavy atom. The van der Waals surface area contributed by atoms with Crippen LogP contribution in [-0.4, -0.2) is 25.8 Å². The average molecular weight is 505 g/mol. The van der Waals surface area contributed by atoms with Gasteiger partial charge < -0.3 is 5.32 Å². The van der Waals surface area contributed by atoms with Crippen molar-refractivity contribution in [3.05, 3.63) is 77.1 Å². The van der Waals surface area contributed by atoms with E-state index < -0.39 is 29.6 Å². The van der Waals surface area contributed by atoms with Crippen LogP contribution in [0.1, 0.15) is 40.1 Å². The number of aromatic nitrogens is 4. The minimum absolute atomic E-state index is 0.0803. The topological polar surface area (TPSA) is 80.7 Å². The number of benzene rings is 1. The van der Waals surface area contributed by atoms with Gasteiger partial charge in [-0.15, -0.1) is 0 Å². The Morgan fingerprint density at radius 2 is 1.67 bits per heavy atom. The number of nitrogens with zero attached hydrogens (tertiary/aromatic N) is 4. The van der Waals surface area contributed by atoms with Gasteiger partial charge in [-0.3, -0.25) is 9.78 Å². The quantitative estimate of drug-likeness (QED) is 0.332. The molecule has 36 heavy (non-hydrogen) atoms. The summed E-state index contributed by atoms with van der Waals surface area (Å²) in [6.07, 6.45) is -6.89. The van der Waals surface area contributed by atoms with E-state index >= 15 is 0 Å². The van der Waals surface area contributed by atoms with Crippen molar-refractivity contribution in [2.75, 3.05) is 5.32 Å². The number of pyridine rings is 2. The van der Waals surface area contributed by atoms with E-state index in [1.165, 1.54) is 30.5 Å². The number of carbonyl (C=O) groups is 1. The van der Waals surface area contributed by atoms with Crippen molar-refractivity contribution < 1.29 is 31.1 Å². The molecule has 0 fully saturated rings. The molecule has 4 aromatic rings. The Morgan fingerprint density at radius 1 is 0.917 bits per heavy atom. The van der Waals surface area contributed by atoms with Gasteiger partial charge >= 0.3 is 12.4 Å². The molecule has 6 nitrogen and oxygen atoms in total. The number of halogens is 6. The molecule has 0 saturated carbocycles. The van der Waals surface area contributed by atoms with Crippen LogP contribution in [0.5, 0.6) is 0 Å². The number of alkyl halides is 6. The van der Waals surface area contributed by atoms with E-state index in [1.807, 2.05) is 0 Å². The fourth-order valence-corrected chi connectivity index (χ4v) is 3.51. The summed E-state index contributed by atoms with van der Waals surface area (Å²) < 4.78 is 80.7. The predicted molar refractivity (Wildman–Crippen MR) is 119 cm³/mol. The largest absolute Gasteiger partial charge is 0.434 e. The number of rotatable bonds is 4. The molecule has 3 aromatic heterocycles. The molecule has 1 N–H and O–H groups in total. The van der Waals surface area contributed by atoms with E-state index in [0.29, 0.717) is 29.3 Å². The number of nitrogens with one attached hydrogen (secondary N) is 1. The number of hydrogen-bond acceptors (Lipinski definition) is 5. The van der Waals surface area contributed by atoms with Gasteiger partial charge in [0.2, 0.25) is 0 Å². The summed E-state index contributed by atoms with van der Waals surface area (Å²) in [6.45, 7) is 3.35. The molecule has 0 unspecified atom stereocenters. The number of anilines is 1. The molecule has 0 aliphatic rings. The van der Waals surface area contributed by atoms with Gasteiger partial charge in [0.15, 0.2) is 11.3 Å². The Labute approximate surface area is 200 Å². The van der Waals surface area contributed by atoms with E-state index in [4.69, 9.17) is 0 Å². The highest BCUT2D eigenvalue weighted by molar-refractivity contribution is 6.04. The summed E-state index contributed by atoms with van der Waals surface area (Å²) in [6, 6.07) is 7.18. The molecule has 186 valence electrons. The van der Waals surface area contributed by atoms with Gasteiger partial charge in [0.25, 0.3) is 5.91 Å². The third-order valence-electron chi connectivity index (χ3n) is 5.30. The number of aryl methyl sites for hydroxylation is 2. The lowest BCUT2D eigenvalue weighted by atomic mass is 9.97. The summed E-state index contributed by atoms with van der Waals surface area (Å²) in [5, 5.41) is 2.72. The van der Waals surface area contributed by atoms with Crippen molar-refractivity contribution in [2.45, 2.75) is 32.6 Å². The lowest BCUT2D eigenvalue weighted by Gasteiger charge is -2.16. The molecule has 0 atom stereocenters. The Hall–Kier alpha value is -4.09. The van der Waals surface area contributed by atoms with E-state index in [9.17, 15) is 31.1 Å². The predicted octanol–water partition coefficient (Wildman–Crippen LogP) is 6.25. The van der Waals surface area contributed by atoms with Gasteiger partial charge in [-0.2, -0.15) is 26.3 Å². The van der Waals surface area contributed by atoms with Crippen molar-refractivity contribution in [2.24, 2.45) is 0 Å². The maximum atomic E-state index is 14.0. The van der Waals surface area contributed by atoms with Crippen LogP contribution >= 0.6 is 0 Å². The van der Waals surface area contributed by atoms with Crippen molar-refractivity contribution in [3.63, 3.8) is 0 Å². The zero-order valence-electron chi connectivity index (χ0n) is 18.8. The SMILES string of the molecule is CCc1ncc2cc(-c3cc(NC(=O)c4ccnc(C(F)(F)F)c4)ccc3C)c(C(F)(F)F)nc2n1. The maximum absolute atomic E-state index is 14.0. The molecule has 0 aliphatic heterocycles. The van der Waals surface area contributed by atoms with E-state index in [-0.39, 0.29) is 28.0 Å². The third-order valence-corrected chi connectivity index (χ3v) is 5.30. The first-order valence-corrected chi connectivity index (χ1v) is 10.6. The van der Waals surface area contributed by atoms with Crippen LogP contribution in [0.4, 0.5) is 32.0 Å². The lowest BCUT2D eigenvalue weighted by Crippen LogP contribution is -2.15. The summed E-state index contributed by atoms with van der Waals surface area (Å²) in [5.41, 5.74) is -2.41. The first-order chi connectivity index (χ1) is 16.9. The Bertz CT molecular complexity index is 1470. The molecule has 0 aliphatic carbocycles. The molecule has 0 spiro atoms. The van der Waals surface area contributed by atoms with Crippen LogP contribution in [-0.2, 0) is 18.8 Å². The van der Waals surface area contributed by atoms with E-state index in [1.54, 1.807) is 13.8 Å². The van der Waals surface area contributed by atoms with Crippen LogP contribution in [0.25, 0.3) is 22.2 Å². The van der Waals surface area contributed by atoms with Crippen molar-refractivity contribution in [1.82, 2.24) is 19.9 Å². The summed E-state index contributed by atoms with van der Waals surface area (Å²) >= 11 is 0. The fourth-order valence-electron chi connectivity index (χ4n) is 3.51. The maximum Gasteiger partial charge on any atom is 0.434 e. The lowest BCUT2D eigenvalue weighted by molar-refractivity contribution is -0.141. The molecule has 1 aromatic carbocycles. The minimum atomic E-state index is -4.81. The molecule has 1 amide bonds. The van der Waals surface area contributed by atoms with Gasteiger partial charge in [0.1, 0.15) is 11.5 Å². The molecular formula is C24H17F6N5O. The number of carbonyl (C=O) groups excluding carboxylic acids is 1. The van der Waals surface area contributed by atoms with Gasteiger partial charge in [-0.25, -0.2) is 15.0 Å². The van der Waals surface area contributed by atoms with Gasteiger partial charge in [0.05, 0.1) is 0 Å². The highest BCUT2D eigenvalue weighted by Crippen LogP contribution is 2.39. The van der Waals surface area contributed by atoms with Crippen LogP contribution < -0.4 is 5.32 Å². The zero-order valence-corrected chi connectivity index (χ0v) is 18.8. The summed E-state index contributed by atoms with van der Waals surface area (Å²) in [7, 11) is 0. The normalized spacial score (nSPS) is 12.1. The third kappa shape index (κ3) is 5.11. The highest BCUT2D eigenvalue weighted by Gasteiger charge is 2.37. The zero-order chi connectivity index (χ0) is 26.3. The summed E-state index contributed by atoms with van der Waals surface area (Å²) in [4.78, 5) is 27.7. The van der Waals surface area contributed by atoms with Gasteiger partial charge in [-0.05, 0) is 48.4 Å². The number of hydrogen-bond donors (Lipinski definition) is 1. The first kappa shape index (κ1) is 25.0. The summed E-state index contributed by atoms with van der Waals surface area (Å²) in [5.74, 6) is -0.535. The molecule has 0 bridgehead atoms. The number of amides is 1. The second-order valence-electron chi connectivity index (χ2n) is 7.85. The Balaban J connectivity index is 1.77. The standard InChI is InChI=1S/C24H17F6N5O/c1-3-19-32-11-14-8-17(20(24(28,29)30)35-21(14)34-19)16-10-15(5-4-12(16)2)33-22(36)13-6-7-31-18(9-13)23(25,26)27/h4-11H,3H2,1-2H3,(H,33,36). The second-order valence-corrected chi connectivity index (χ2v) is 7.85. The van der Waals surface area contributed by atoms with Crippen molar-refractivity contribution >= 4 is 22.6 Å². The average Bonchev–Trinajstić information content (AvgIpc) is 2.83. The molecule has 3 heterocycles. The second kappa shape index (κ2) is 9.17. The molecule has 12 heteroatoms. The van der Waals surface area contributed by atoms with Gasteiger partial charge in [0, 0.05) is 41.0 Å². The molecular weight excluding hydrogens is 488 g/mol. The van der Waals surface area contributed by atoms with E-state index in [2.05, 4.69) is 25.3 Å². The van der Waals surface area contributed by atoms with Crippen LogP contribution in [0.15, 0.2) is 48.8 Å². The monoisotopic (exact) mass is 505 g/mol. The van der Waals surface area contributed by atoms with Crippen molar-refractivity contribution in [3.8, 4) is 11.1 Å². The molecule has 0 radical (unpaired) electrons. The highest BCUT2D eigenvalue weighted by atomic mass is 19.4. The van der Waals surface area contributed by atoms with Crippen LogP contribution in [0, 0.1) is 6.92 Å². The van der Waals surface area contributed by atoms with Crippen LogP contribution in [0.3, 0.4) is 0 Å². The smallest absolute Gasteiger partial charge is 0.322 e. The Kier molecular flexibility index (Phi) is 6.37. The van der Waals surface area contributed by atoms with E-state index in [0.717, 1.165) is 12.3 Å². The first-order valence-electron chi connectivity index (χ1n) is 10.6. The molecule has 4 rings (SSSR count). The van der Waals surface area contributed by atoms with Crippen LogP contribution in [0.2, 0.25) is 0 Å². The minimum Gasteiger partial charge on any atom is -0.322 e. The number of fused-ring (bicyclic) bond motifs is 1. The van der Waals surface area contributed by atoms with Crippen molar-refractivity contribution in [1.29, 1.82) is 0 Å². The van der Waals surface area contributed by atoms with Gasteiger partial charge in [-0.1, -0.05) is 13.0 Å². The molecule has 0 saturated heterocycles. The fraction of sp³-hybridized carbons (Fsp3) is 0.208.